The highest BCUT2D eigenvalue weighted by molar-refractivity contribution is 5.95. The van der Waals surface area contributed by atoms with Crippen molar-refractivity contribution in [3.05, 3.63) is 39.2 Å². The molecule has 0 atom stereocenters. The number of hydrogen-bond acceptors (Lipinski definition) is 5. The molecule has 1 saturated heterocycles. The van der Waals surface area contributed by atoms with Crippen molar-refractivity contribution < 1.29 is 32.4 Å². The summed E-state index contributed by atoms with van der Waals surface area (Å²) < 4.78 is 50.8. The number of carbonyl (C=O) groups excluding carboxylic acids is 1. The largest absolute Gasteiger partial charge is 0.352 e. The number of nitro groups is 1. The van der Waals surface area contributed by atoms with Gasteiger partial charge in [-0.2, -0.15) is 4.39 Å². The first kappa shape index (κ1) is 17.2. The second-order valence-electron chi connectivity index (χ2n) is 4.98. The van der Waals surface area contributed by atoms with Crippen LogP contribution < -0.4 is 5.32 Å². The van der Waals surface area contributed by atoms with Gasteiger partial charge in [-0.3, -0.25) is 14.9 Å². The minimum atomic E-state index is -2.07. The number of carbonyl (C=O) groups is 1. The topological polar surface area (TPSA) is 90.7 Å². The molecule has 0 radical (unpaired) electrons. The lowest BCUT2D eigenvalue weighted by Gasteiger charge is -2.22. The summed E-state index contributed by atoms with van der Waals surface area (Å²) in [5.41, 5.74) is -2.27. The molecule has 23 heavy (non-hydrogen) atoms. The second kappa shape index (κ2) is 6.50. The zero-order chi connectivity index (χ0) is 17.2. The predicted molar refractivity (Wildman–Crippen MR) is 70.2 cm³/mol. The van der Waals surface area contributed by atoms with E-state index in [9.17, 15) is 28.1 Å². The molecule has 0 spiro atoms. The van der Waals surface area contributed by atoms with Gasteiger partial charge in [0.25, 0.3) is 5.91 Å². The quantitative estimate of drug-likeness (QED) is 0.504. The third kappa shape index (κ3) is 3.59. The van der Waals surface area contributed by atoms with E-state index in [0.29, 0.717) is 19.3 Å². The lowest BCUT2D eigenvalue weighted by molar-refractivity contribution is -0.387. The summed E-state index contributed by atoms with van der Waals surface area (Å²) in [6.45, 7) is 2.43. The van der Waals surface area contributed by atoms with Crippen LogP contribution in [0.2, 0.25) is 0 Å². The van der Waals surface area contributed by atoms with Gasteiger partial charge in [-0.25, -0.2) is 8.78 Å². The molecule has 1 fully saturated rings. The van der Waals surface area contributed by atoms with Gasteiger partial charge in [-0.1, -0.05) is 0 Å². The number of ether oxygens (including phenoxy) is 2. The zero-order valence-electron chi connectivity index (χ0n) is 12.0. The smallest absolute Gasteiger partial charge is 0.308 e. The highest BCUT2D eigenvalue weighted by Crippen LogP contribution is 2.26. The molecule has 0 bridgehead atoms. The molecule has 1 heterocycles. The Morgan fingerprint density at radius 1 is 1.30 bits per heavy atom. The SMILES string of the molecule is CC1(CCNC(=O)c2cc([N+](=O)[O-])c(F)c(F)c2F)OCCO1. The van der Waals surface area contributed by atoms with Crippen LogP contribution in [-0.4, -0.2) is 36.4 Å². The summed E-state index contributed by atoms with van der Waals surface area (Å²) in [6, 6.07) is 0.355. The number of amides is 1. The van der Waals surface area contributed by atoms with Crippen molar-refractivity contribution in [1.29, 1.82) is 0 Å². The minimum absolute atomic E-state index is 0.0123. The molecular weight excluding hydrogens is 321 g/mol. The molecule has 0 unspecified atom stereocenters. The predicted octanol–water partition coefficient (Wildman–Crippen LogP) is 1.90. The molecule has 7 nitrogen and oxygen atoms in total. The Balaban J connectivity index is 2.11. The maximum Gasteiger partial charge on any atom is 0.308 e. The summed E-state index contributed by atoms with van der Waals surface area (Å²) in [7, 11) is 0. The van der Waals surface area contributed by atoms with Gasteiger partial charge in [0.15, 0.2) is 11.6 Å². The molecule has 1 N–H and O–H groups in total. The van der Waals surface area contributed by atoms with Crippen LogP contribution in [0.25, 0.3) is 0 Å². The van der Waals surface area contributed by atoms with E-state index in [2.05, 4.69) is 5.32 Å². The highest BCUT2D eigenvalue weighted by atomic mass is 19.2. The van der Waals surface area contributed by atoms with E-state index in [1.165, 1.54) is 0 Å². The Kier molecular flexibility index (Phi) is 4.85. The summed E-state index contributed by atoms with van der Waals surface area (Å²) in [5, 5.41) is 12.9. The molecule has 1 aromatic rings. The monoisotopic (exact) mass is 334 g/mol. The molecule has 0 saturated carbocycles. The fraction of sp³-hybridized carbons (Fsp3) is 0.462. The molecule has 126 valence electrons. The van der Waals surface area contributed by atoms with Gasteiger partial charge < -0.3 is 14.8 Å². The third-order valence-corrected chi connectivity index (χ3v) is 3.33. The van der Waals surface area contributed by atoms with Crippen LogP contribution >= 0.6 is 0 Å². The molecular formula is C13H13F3N2O5. The molecule has 2 rings (SSSR count). The average molecular weight is 334 g/mol. The van der Waals surface area contributed by atoms with Crippen molar-refractivity contribution >= 4 is 11.6 Å². The Hall–Kier alpha value is -2.20. The van der Waals surface area contributed by atoms with E-state index in [0.717, 1.165) is 0 Å². The molecule has 0 aromatic heterocycles. The summed E-state index contributed by atoms with van der Waals surface area (Å²) in [6.07, 6.45) is 0.228. The van der Waals surface area contributed by atoms with E-state index in [4.69, 9.17) is 9.47 Å². The fourth-order valence-corrected chi connectivity index (χ4v) is 2.09. The van der Waals surface area contributed by atoms with Crippen LogP contribution in [0.15, 0.2) is 6.07 Å². The van der Waals surface area contributed by atoms with Crippen LogP contribution in [0.5, 0.6) is 0 Å². The highest BCUT2D eigenvalue weighted by Gasteiger charge is 2.31. The first-order chi connectivity index (χ1) is 10.7. The lowest BCUT2D eigenvalue weighted by Crippen LogP contribution is -2.34. The van der Waals surface area contributed by atoms with Crippen molar-refractivity contribution in [3.63, 3.8) is 0 Å². The molecule has 1 amide bonds. The molecule has 0 aliphatic carbocycles. The fourth-order valence-electron chi connectivity index (χ4n) is 2.09. The van der Waals surface area contributed by atoms with Crippen molar-refractivity contribution in [1.82, 2.24) is 5.32 Å². The van der Waals surface area contributed by atoms with Gasteiger partial charge in [-0.05, 0) is 6.92 Å². The number of halogens is 3. The van der Waals surface area contributed by atoms with Crippen molar-refractivity contribution in [2.24, 2.45) is 0 Å². The van der Waals surface area contributed by atoms with Crippen LogP contribution in [0, 0.1) is 27.6 Å². The van der Waals surface area contributed by atoms with Crippen LogP contribution in [0.3, 0.4) is 0 Å². The minimum Gasteiger partial charge on any atom is -0.352 e. The Morgan fingerprint density at radius 3 is 2.48 bits per heavy atom. The summed E-state index contributed by atoms with van der Waals surface area (Å²) in [5.74, 6) is -7.81. The van der Waals surface area contributed by atoms with Crippen LogP contribution in [-0.2, 0) is 9.47 Å². The normalized spacial score (nSPS) is 16.3. The zero-order valence-corrected chi connectivity index (χ0v) is 12.0. The van der Waals surface area contributed by atoms with Gasteiger partial charge in [0, 0.05) is 19.0 Å². The first-order valence-corrected chi connectivity index (χ1v) is 6.63. The maximum absolute atomic E-state index is 13.6. The number of nitro benzene ring substituents is 1. The third-order valence-electron chi connectivity index (χ3n) is 3.33. The van der Waals surface area contributed by atoms with Gasteiger partial charge in [0.1, 0.15) is 0 Å². The van der Waals surface area contributed by atoms with Gasteiger partial charge in [-0.15, -0.1) is 0 Å². The van der Waals surface area contributed by atoms with E-state index in [1.807, 2.05) is 0 Å². The summed E-state index contributed by atoms with van der Waals surface area (Å²) in [4.78, 5) is 21.2. The molecule has 1 aromatic carbocycles. The standard InChI is InChI=1S/C13H13F3N2O5/c1-13(22-4-5-23-13)2-3-17-12(19)7-6-8(18(20)21)10(15)11(16)9(7)14/h6H,2-5H2,1H3,(H,17,19). The van der Waals surface area contributed by atoms with Gasteiger partial charge in [0.2, 0.25) is 11.6 Å². The number of nitrogens with one attached hydrogen (secondary N) is 1. The van der Waals surface area contributed by atoms with Gasteiger partial charge in [0.05, 0.1) is 23.7 Å². The van der Waals surface area contributed by atoms with E-state index in [-0.39, 0.29) is 13.0 Å². The van der Waals surface area contributed by atoms with Crippen LogP contribution in [0.4, 0.5) is 18.9 Å². The number of hydrogen-bond donors (Lipinski definition) is 1. The van der Waals surface area contributed by atoms with Gasteiger partial charge >= 0.3 is 5.69 Å². The molecule has 1 aliphatic heterocycles. The van der Waals surface area contributed by atoms with E-state index in [1.54, 1.807) is 6.92 Å². The molecule has 10 heteroatoms. The van der Waals surface area contributed by atoms with E-state index >= 15 is 0 Å². The second-order valence-corrected chi connectivity index (χ2v) is 4.98. The van der Waals surface area contributed by atoms with Crippen molar-refractivity contribution in [2.45, 2.75) is 19.1 Å². The van der Waals surface area contributed by atoms with E-state index < -0.39 is 45.3 Å². The Bertz CT molecular complexity index is 647. The number of nitrogens with zero attached hydrogens (tertiary/aromatic N) is 1. The van der Waals surface area contributed by atoms with Crippen molar-refractivity contribution in [3.8, 4) is 0 Å². The molecule has 1 aliphatic rings. The average Bonchev–Trinajstić information content (AvgIpc) is 2.91. The maximum atomic E-state index is 13.6. The van der Waals surface area contributed by atoms with Crippen LogP contribution in [0.1, 0.15) is 23.7 Å². The number of benzene rings is 1. The number of rotatable bonds is 5. The van der Waals surface area contributed by atoms with Crippen molar-refractivity contribution in [2.75, 3.05) is 19.8 Å². The summed E-state index contributed by atoms with van der Waals surface area (Å²) >= 11 is 0. The Morgan fingerprint density at radius 2 is 1.91 bits per heavy atom. The first-order valence-electron chi connectivity index (χ1n) is 6.63. The Labute approximate surface area is 128 Å². The lowest BCUT2D eigenvalue weighted by atomic mass is 10.1.